The lowest BCUT2D eigenvalue weighted by atomic mass is 10.4. The van der Waals surface area contributed by atoms with Crippen molar-refractivity contribution in [2.24, 2.45) is 7.05 Å². The SMILES string of the molecule is Cn1nc(C#N)cc1NC(=S)n1ccnc1. The standard InChI is InChI=1S/C9H8N6S/c1-14-8(4-7(5-10)13-14)12-9(16)15-3-2-11-6-15/h2-4,6H,1H3,(H,12,16). The molecule has 0 spiro atoms. The first-order valence-electron chi connectivity index (χ1n) is 4.44. The Balaban J connectivity index is 2.19. The number of hydrogen-bond acceptors (Lipinski definition) is 4. The fraction of sp³-hybridized carbons (Fsp3) is 0.111. The lowest BCUT2D eigenvalue weighted by Gasteiger charge is -2.07. The second-order valence-electron chi connectivity index (χ2n) is 3.05. The van der Waals surface area contributed by atoms with Crippen LogP contribution in [-0.2, 0) is 7.05 Å². The van der Waals surface area contributed by atoms with Crippen molar-refractivity contribution in [1.29, 1.82) is 5.26 Å². The molecule has 2 aromatic heterocycles. The molecule has 0 atom stereocenters. The lowest BCUT2D eigenvalue weighted by Crippen LogP contribution is -2.19. The zero-order valence-corrected chi connectivity index (χ0v) is 9.27. The number of rotatable bonds is 1. The zero-order chi connectivity index (χ0) is 11.5. The summed E-state index contributed by atoms with van der Waals surface area (Å²) in [4.78, 5) is 3.89. The van der Waals surface area contributed by atoms with Gasteiger partial charge in [-0.2, -0.15) is 10.4 Å². The van der Waals surface area contributed by atoms with E-state index in [0.29, 0.717) is 16.6 Å². The molecule has 2 rings (SSSR count). The molecule has 1 N–H and O–H groups in total. The van der Waals surface area contributed by atoms with E-state index in [2.05, 4.69) is 15.4 Å². The number of aryl methyl sites for hydroxylation is 1. The van der Waals surface area contributed by atoms with Gasteiger partial charge in [-0.1, -0.05) is 0 Å². The first kappa shape index (κ1) is 10.3. The molecule has 0 saturated heterocycles. The van der Waals surface area contributed by atoms with Gasteiger partial charge in [-0.05, 0) is 12.2 Å². The van der Waals surface area contributed by atoms with Gasteiger partial charge in [0.1, 0.15) is 18.2 Å². The summed E-state index contributed by atoms with van der Waals surface area (Å²) in [6.07, 6.45) is 4.96. The molecule has 0 aliphatic heterocycles. The fourth-order valence-electron chi connectivity index (χ4n) is 1.19. The number of imidazole rings is 1. The van der Waals surface area contributed by atoms with Crippen molar-refractivity contribution in [1.82, 2.24) is 19.3 Å². The van der Waals surface area contributed by atoms with E-state index in [4.69, 9.17) is 17.5 Å². The number of nitrogens with one attached hydrogen (secondary N) is 1. The molecule has 0 aliphatic carbocycles. The Bertz CT molecular complexity index is 547. The summed E-state index contributed by atoms with van der Waals surface area (Å²) in [5.41, 5.74) is 0.346. The molecule has 0 radical (unpaired) electrons. The molecule has 0 saturated carbocycles. The lowest BCUT2D eigenvalue weighted by molar-refractivity contribution is 0.772. The third-order valence-corrected chi connectivity index (χ3v) is 2.28. The van der Waals surface area contributed by atoms with Crippen molar-refractivity contribution in [3.05, 3.63) is 30.5 Å². The predicted octanol–water partition coefficient (Wildman–Crippen LogP) is 0.733. The maximum Gasteiger partial charge on any atom is 0.184 e. The third-order valence-electron chi connectivity index (χ3n) is 1.97. The number of nitriles is 1. The van der Waals surface area contributed by atoms with Crippen LogP contribution in [0.5, 0.6) is 0 Å². The first-order chi connectivity index (χ1) is 7.70. The molecule has 80 valence electrons. The molecule has 0 aromatic carbocycles. The highest BCUT2D eigenvalue weighted by Gasteiger charge is 2.06. The van der Waals surface area contributed by atoms with E-state index in [1.165, 1.54) is 0 Å². The van der Waals surface area contributed by atoms with Crippen LogP contribution in [-0.4, -0.2) is 24.4 Å². The van der Waals surface area contributed by atoms with E-state index in [-0.39, 0.29) is 0 Å². The number of aromatic nitrogens is 4. The maximum atomic E-state index is 8.69. The van der Waals surface area contributed by atoms with Crippen molar-refractivity contribution in [3.63, 3.8) is 0 Å². The van der Waals surface area contributed by atoms with E-state index in [1.54, 1.807) is 41.1 Å². The van der Waals surface area contributed by atoms with E-state index < -0.39 is 0 Å². The predicted molar refractivity (Wildman–Crippen MR) is 61.8 cm³/mol. The van der Waals surface area contributed by atoms with Gasteiger partial charge in [-0.3, -0.25) is 9.25 Å². The average molecular weight is 232 g/mol. The van der Waals surface area contributed by atoms with Gasteiger partial charge in [-0.15, -0.1) is 0 Å². The Kier molecular flexibility index (Phi) is 2.66. The molecule has 0 unspecified atom stereocenters. The smallest absolute Gasteiger partial charge is 0.184 e. The highest BCUT2D eigenvalue weighted by molar-refractivity contribution is 7.80. The molecule has 2 aromatic rings. The van der Waals surface area contributed by atoms with Crippen LogP contribution < -0.4 is 5.32 Å². The van der Waals surface area contributed by atoms with Crippen molar-refractivity contribution in [2.75, 3.05) is 5.32 Å². The Hall–Kier alpha value is -2.20. The van der Waals surface area contributed by atoms with Crippen LogP contribution in [0.15, 0.2) is 24.8 Å². The van der Waals surface area contributed by atoms with Crippen LogP contribution in [0.1, 0.15) is 5.69 Å². The molecule has 0 amide bonds. The molecule has 0 bridgehead atoms. The highest BCUT2D eigenvalue weighted by atomic mass is 32.1. The van der Waals surface area contributed by atoms with Crippen molar-refractivity contribution >= 4 is 23.1 Å². The van der Waals surface area contributed by atoms with Gasteiger partial charge in [0.05, 0.1) is 0 Å². The fourth-order valence-corrected chi connectivity index (χ4v) is 1.40. The Morgan fingerprint density at radius 3 is 3.00 bits per heavy atom. The quantitative estimate of drug-likeness (QED) is 0.734. The summed E-state index contributed by atoms with van der Waals surface area (Å²) in [6.45, 7) is 0. The number of nitrogens with zero attached hydrogens (tertiary/aromatic N) is 5. The Morgan fingerprint density at radius 2 is 2.44 bits per heavy atom. The summed E-state index contributed by atoms with van der Waals surface area (Å²) in [7, 11) is 1.74. The van der Waals surface area contributed by atoms with Crippen molar-refractivity contribution < 1.29 is 0 Å². The molecule has 7 heteroatoms. The van der Waals surface area contributed by atoms with Gasteiger partial charge in [0, 0.05) is 25.5 Å². The van der Waals surface area contributed by atoms with Gasteiger partial charge >= 0.3 is 0 Å². The van der Waals surface area contributed by atoms with Crippen LogP contribution in [0.3, 0.4) is 0 Å². The second kappa shape index (κ2) is 4.12. The molecule has 0 aliphatic rings. The van der Waals surface area contributed by atoms with Gasteiger partial charge in [0.2, 0.25) is 0 Å². The highest BCUT2D eigenvalue weighted by Crippen LogP contribution is 2.08. The average Bonchev–Trinajstić information content (AvgIpc) is 2.88. The van der Waals surface area contributed by atoms with Gasteiger partial charge in [0.15, 0.2) is 10.8 Å². The summed E-state index contributed by atoms with van der Waals surface area (Å²) in [6, 6.07) is 3.59. The molecule has 0 fully saturated rings. The van der Waals surface area contributed by atoms with Crippen LogP contribution in [0.4, 0.5) is 5.82 Å². The van der Waals surface area contributed by atoms with Crippen LogP contribution in [0.2, 0.25) is 0 Å². The van der Waals surface area contributed by atoms with Crippen LogP contribution >= 0.6 is 12.2 Å². The molecule has 6 nitrogen and oxygen atoms in total. The zero-order valence-electron chi connectivity index (χ0n) is 8.45. The molecular weight excluding hydrogens is 224 g/mol. The third kappa shape index (κ3) is 1.92. The Morgan fingerprint density at radius 1 is 1.62 bits per heavy atom. The number of thiocarbonyl (C=S) groups is 1. The normalized spacial score (nSPS) is 9.75. The van der Waals surface area contributed by atoms with E-state index >= 15 is 0 Å². The minimum Gasteiger partial charge on any atom is -0.317 e. The van der Waals surface area contributed by atoms with Crippen LogP contribution in [0, 0.1) is 11.3 Å². The minimum absolute atomic E-state index is 0.346. The topological polar surface area (TPSA) is 71.5 Å². The maximum absolute atomic E-state index is 8.69. The van der Waals surface area contributed by atoms with Crippen LogP contribution in [0.25, 0.3) is 0 Å². The van der Waals surface area contributed by atoms with Crippen molar-refractivity contribution in [3.8, 4) is 6.07 Å². The van der Waals surface area contributed by atoms with E-state index in [1.807, 2.05) is 6.07 Å². The largest absolute Gasteiger partial charge is 0.317 e. The second-order valence-corrected chi connectivity index (χ2v) is 3.44. The summed E-state index contributed by atoms with van der Waals surface area (Å²) >= 11 is 5.15. The number of hydrogen-bond donors (Lipinski definition) is 1. The van der Waals surface area contributed by atoms with E-state index in [9.17, 15) is 0 Å². The van der Waals surface area contributed by atoms with Crippen molar-refractivity contribution in [2.45, 2.75) is 0 Å². The molecule has 2 heterocycles. The van der Waals surface area contributed by atoms with Gasteiger partial charge in [-0.25, -0.2) is 4.98 Å². The monoisotopic (exact) mass is 232 g/mol. The first-order valence-corrected chi connectivity index (χ1v) is 4.85. The van der Waals surface area contributed by atoms with Gasteiger partial charge < -0.3 is 5.32 Å². The van der Waals surface area contributed by atoms with Gasteiger partial charge in [0.25, 0.3) is 0 Å². The summed E-state index contributed by atoms with van der Waals surface area (Å²) < 4.78 is 3.22. The Labute approximate surface area is 97.1 Å². The number of anilines is 1. The molecule has 16 heavy (non-hydrogen) atoms. The minimum atomic E-state index is 0.346. The molecular formula is C9H8N6S. The summed E-state index contributed by atoms with van der Waals surface area (Å²) in [5.74, 6) is 0.662. The summed E-state index contributed by atoms with van der Waals surface area (Å²) in [5, 5.41) is 16.1. The van der Waals surface area contributed by atoms with E-state index in [0.717, 1.165) is 0 Å².